The van der Waals surface area contributed by atoms with E-state index in [1.807, 2.05) is 0 Å². The molecule has 1 unspecified atom stereocenters. The number of hydrogen-bond donors (Lipinski definition) is 1. The van der Waals surface area contributed by atoms with Crippen molar-refractivity contribution < 1.29 is 0 Å². The third-order valence-electron chi connectivity index (χ3n) is 3.97. The maximum Gasteiger partial charge on any atom is 0.0334 e. The summed E-state index contributed by atoms with van der Waals surface area (Å²) in [6.07, 6.45) is 7.03. The molecule has 0 bridgehead atoms. The minimum Gasteiger partial charge on any atom is -0.311 e. The van der Waals surface area contributed by atoms with Gasteiger partial charge in [-0.1, -0.05) is 19.8 Å². The van der Waals surface area contributed by atoms with Crippen molar-refractivity contribution in [3.8, 4) is 0 Å². The Hall–Kier alpha value is -0.0800. The number of rotatable bonds is 2. The average molecular weight is 196 g/mol. The normalized spacial score (nSPS) is 32.6. The Kier molecular flexibility index (Phi) is 3.13. The van der Waals surface area contributed by atoms with Crippen LogP contribution in [0.4, 0.5) is 0 Å². The maximum atomic E-state index is 3.66. The molecule has 1 aliphatic carbocycles. The van der Waals surface area contributed by atoms with Crippen molar-refractivity contribution in [2.24, 2.45) is 0 Å². The van der Waals surface area contributed by atoms with Crippen molar-refractivity contribution in [2.45, 2.75) is 57.5 Å². The number of piperazine rings is 1. The van der Waals surface area contributed by atoms with Crippen LogP contribution in [0.3, 0.4) is 0 Å². The summed E-state index contributed by atoms with van der Waals surface area (Å²) in [6, 6.07) is 0.688. The summed E-state index contributed by atoms with van der Waals surface area (Å²) >= 11 is 0. The lowest BCUT2D eigenvalue weighted by molar-refractivity contribution is 0.0468. The van der Waals surface area contributed by atoms with E-state index in [2.05, 4.69) is 24.1 Å². The van der Waals surface area contributed by atoms with Crippen molar-refractivity contribution in [2.75, 3.05) is 19.6 Å². The van der Waals surface area contributed by atoms with Crippen LogP contribution in [-0.4, -0.2) is 36.1 Å². The second-order valence-corrected chi connectivity index (χ2v) is 5.16. The Bertz CT molecular complexity index is 185. The van der Waals surface area contributed by atoms with Gasteiger partial charge in [-0.3, -0.25) is 4.90 Å². The zero-order chi connectivity index (χ0) is 10.0. The molecule has 14 heavy (non-hydrogen) atoms. The second kappa shape index (κ2) is 4.19. The van der Waals surface area contributed by atoms with Crippen LogP contribution in [0.2, 0.25) is 0 Å². The van der Waals surface area contributed by atoms with Gasteiger partial charge in [0.15, 0.2) is 0 Å². The molecular weight excluding hydrogens is 172 g/mol. The smallest absolute Gasteiger partial charge is 0.0334 e. The van der Waals surface area contributed by atoms with Gasteiger partial charge in [0, 0.05) is 24.7 Å². The molecule has 0 aromatic carbocycles. The average Bonchev–Trinajstić information content (AvgIpc) is 2.62. The molecule has 0 aromatic heterocycles. The Morgan fingerprint density at radius 3 is 2.71 bits per heavy atom. The molecular formula is C12H24N2. The van der Waals surface area contributed by atoms with Crippen LogP contribution < -0.4 is 5.32 Å². The molecule has 0 amide bonds. The molecule has 1 N–H and O–H groups in total. The minimum absolute atomic E-state index is 0.544. The first kappa shape index (κ1) is 10.4. The van der Waals surface area contributed by atoms with Gasteiger partial charge in [0.2, 0.25) is 0 Å². The third-order valence-corrected chi connectivity index (χ3v) is 3.97. The Morgan fingerprint density at radius 1 is 1.36 bits per heavy atom. The summed E-state index contributed by atoms with van der Waals surface area (Å²) in [5, 5.41) is 3.66. The van der Waals surface area contributed by atoms with Crippen LogP contribution in [-0.2, 0) is 0 Å². The van der Waals surface area contributed by atoms with Crippen LogP contribution in [0.1, 0.15) is 46.0 Å². The van der Waals surface area contributed by atoms with Crippen LogP contribution in [0.25, 0.3) is 0 Å². The Morgan fingerprint density at radius 2 is 2.07 bits per heavy atom. The zero-order valence-electron chi connectivity index (χ0n) is 9.68. The summed E-state index contributed by atoms with van der Waals surface area (Å²) in [6.45, 7) is 8.40. The third kappa shape index (κ3) is 1.82. The molecule has 2 nitrogen and oxygen atoms in total. The van der Waals surface area contributed by atoms with Crippen molar-refractivity contribution >= 4 is 0 Å². The van der Waals surface area contributed by atoms with Gasteiger partial charge in [-0.15, -0.1) is 0 Å². The zero-order valence-corrected chi connectivity index (χ0v) is 9.68. The number of nitrogens with zero attached hydrogens (tertiary/aromatic N) is 1. The van der Waals surface area contributed by atoms with E-state index in [0.717, 1.165) is 0 Å². The van der Waals surface area contributed by atoms with Crippen molar-refractivity contribution in [3.05, 3.63) is 0 Å². The Labute approximate surface area is 88.1 Å². The van der Waals surface area contributed by atoms with E-state index in [1.165, 1.54) is 51.7 Å². The van der Waals surface area contributed by atoms with Crippen molar-refractivity contribution in [3.63, 3.8) is 0 Å². The maximum absolute atomic E-state index is 3.66. The number of hydrogen-bond acceptors (Lipinski definition) is 2. The standard InChI is InChI=1S/C12H24N2/c1-3-8-14-9-11(2)13-10-12(14)6-4-5-7-12/h11,13H,3-10H2,1-2H3. The van der Waals surface area contributed by atoms with Gasteiger partial charge in [0.25, 0.3) is 0 Å². The second-order valence-electron chi connectivity index (χ2n) is 5.16. The summed E-state index contributed by atoms with van der Waals surface area (Å²) in [5.41, 5.74) is 0.544. The first-order chi connectivity index (χ1) is 6.77. The van der Waals surface area contributed by atoms with Gasteiger partial charge >= 0.3 is 0 Å². The fourth-order valence-electron chi connectivity index (χ4n) is 3.19. The first-order valence-corrected chi connectivity index (χ1v) is 6.25. The van der Waals surface area contributed by atoms with Gasteiger partial charge in [0.1, 0.15) is 0 Å². The first-order valence-electron chi connectivity index (χ1n) is 6.25. The van der Waals surface area contributed by atoms with E-state index in [1.54, 1.807) is 0 Å². The minimum atomic E-state index is 0.544. The lowest BCUT2D eigenvalue weighted by atomic mass is 9.91. The molecule has 2 aliphatic rings. The van der Waals surface area contributed by atoms with Gasteiger partial charge < -0.3 is 5.32 Å². The van der Waals surface area contributed by atoms with Crippen LogP contribution in [0.15, 0.2) is 0 Å². The van der Waals surface area contributed by atoms with E-state index in [9.17, 15) is 0 Å². The highest BCUT2D eigenvalue weighted by Gasteiger charge is 2.41. The predicted octanol–water partition coefficient (Wildman–Crippen LogP) is 2.00. The molecule has 2 heteroatoms. The molecule has 1 heterocycles. The fourth-order valence-corrected chi connectivity index (χ4v) is 3.19. The largest absolute Gasteiger partial charge is 0.311 e. The van der Waals surface area contributed by atoms with E-state index in [0.29, 0.717) is 11.6 Å². The Balaban J connectivity index is 2.05. The van der Waals surface area contributed by atoms with E-state index >= 15 is 0 Å². The highest BCUT2D eigenvalue weighted by atomic mass is 15.3. The summed E-state index contributed by atoms with van der Waals surface area (Å²) in [4.78, 5) is 2.77. The predicted molar refractivity (Wildman–Crippen MR) is 60.5 cm³/mol. The topological polar surface area (TPSA) is 15.3 Å². The molecule has 1 aliphatic heterocycles. The molecule has 0 aromatic rings. The van der Waals surface area contributed by atoms with Gasteiger partial charge in [0.05, 0.1) is 0 Å². The van der Waals surface area contributed by atoms with E-state index in [-0.39, 0.29) is 0 Å². The molecule has 1 saturated heterocycles. The highest BCUT2D eigenvalue weighted by molar-refractivity contribution is 5.00. The van der Waals surface area contributed by atoms with Crippen molar-refractivity contribution in [1.29, 1.82) is 0 Å². The van der Waals surface area contributed by atoms with E-state index < -0.39 is 0 Å². The molecule has 1 saturated carbocycles. The monoisotopic (exact) mass is 196 g/mol. The molecule has 0 radical (unpaired) electrons. The molecule has 2 fully saturated rings. The van der Waals surface area contributed by atoms with Gasteiger partial charge in [-0.2, -0.15) is 0 Å². The van der Waals surface area contributed by atoms with Gasteiger partial charge in [-0.25, -0.2) is 0 Å². The van der Waals surface area contributed by atoms with Crippen LogP contribution in [0.5, 0.6) is 0 Å². The molecule has 1 atom stereocenters. The molecule has 82 valence electrons. The highest BCUT2D eigenvalue weighted by Crippen LogP contribution is 2.36. The lowest BCUT2D eigenvalue weighted by Gasteiger charge is -2.47. The summed E-state index contributed by atoms with van der Waals surface area (Å²) < 4.78 is 0. The van der Waals surface area contributed by atoms with Crippen LogP contribution in [0, 0.1) is 0 Å². The summed E-state index contributed by atoms with van der Waals surface area (Å²) in [5.74, 6) is 0. The molecule has 2 rings (SSSR count). The van der Waals surface area contributed by atoms with E-state index in [4.69, 9.17) is 0 Å². The quantitative estimate of drug-likeness (QED) is 0.727. The fraction of sp³-hybridized carbons (Fsp3) is 1.00. The summed E-state index contributed by atoms with van der Waals surface area (Å²) in [7, 11) is 0. The SMILES string of the molecule is CCCN1CC(C)NCC12CCCC2. The number of nitrogens with one attached hydrogen (secondary N) is 1. The van der Waals surface area contributed by atoms with Gasteiger partial charge in [-0.05, 0) is 32.7 Å². The van der Waals surface area contributed by atoms with Crippen LogP contribution >= 0.6 is 0 Å². The lowest BCUT2D eigenvalue weighted by Crippen LogP contribution is -2.62. The molecule has 1 spiro atoms. The van der Waals surface area contributed by atoms with Crippen molar-refractivity contribution in [1.82, 2.24) is 10.2 Å².